The number of hydrogen-bond donors (Lipinski definition) is 3. The molecule has 0 saturated carbocycles. The summed E-state index contributed by atoms with van der Waals surface area (Å²) in [4.78, 5) is 44.5. The van der Waals surface area contributed by atoms with Crippen LogP contribution >= 0.6 is 11.3 Å². The van der Waals surface area contributed by atoms with Crippen LogP contribution in [-0.4, -0.2) is 91.6 Å². The van der Waals surface area contributed by atoms with Gasteiger partial charge in [-0.25, -0.2) is 23.4 Å². The minimum atomic E-state index is -1.09. The van der Waals surface area contributed by atoms with Gasteiger partial charge in [-0.3, -0.25) is 15.0 Å². The second-order valence-corrected chi connectivity index (χ2v) is 9.48. The topological polar surface area (TPSA) is 137 Å². The van der Waals surface area contributed by atoms with Crippen LogP contribution in [-0.2, 0) is 14.3 Å². The molecule has 2 fully saturated rings. The highest BCUT2D eigenvalue weighted by Gasteiger charge is 2.34. The van der Waals surface area contributed by atoms with Gasteiger partial charge in [0.15, 0.2) is 11.6 Å². The molecule has 0 spiro atoms. The maximum Gasteiger partial charge on any atom is 0.414 e. The average Bonchev–Trinajstić information content (AvgIpc) is 3.57. The van der Waals surface area contributed by atoms with E-state index in [0.29, 0.717) is 5.69 Å². The van der Waals surface area contributed by atoms with Crippen molar-refractivity contribution >= 4 is 40.8 Å². The zero-order valence-corrected chi connectivity index (χ0v) is 21.5. The first kappa shape index (κ1) is 27.5. The van der Waals surface area contributed by atoms with Gasteiger partial charge in [0, 0.05) is 43.7 Å². The minimum Gasteiger partial charge on any atom is -0.453 e. The number of aliphatic hydroxyl groups excluding tert-OH is 1. The largest absolute Gasteiger partial charge is 0.453 e. The zero-order valence-electron chi connectivity index (χ0n) is 20.7. The number of nitrogens with one attached hydrogen (secondary N) is 2. The number of cyclic esters (lactones) is 1. The summed E-state index contributed by atoms with van der Waals surface area (Å²) >= 11 is 1.33. The first-order valence-corrected chi connectivity index (χ1v) is 12.8. The number of nitrogens with zero attached hydrogens (tertiary/aromatic N) is 4. The molecule has 1 aromatic carbocycles. The Morgan fingerprint density at radius 1 is 1.26 bits per heavy atom. The number of piperazine rings is 1. The van der Waals surface area contributed by atoms with E-state index in [-0.39, 0.29) is 56.6 Å². The van der Waals surface area contributed by atoms with Crippen molar-refractivity contribution in [3.05, 3.63) is 40.4 Å². The number of thiazole rings is 1. The van der Waals surface area contributed by atoms with Gasteiger partial charge in [0.05, 0.1) is 43.1 Å². The lowest BCUT2D eigenvalue weighted by Gasteiger charge is -2.37. The van der Waals surface area contributed by atoms with E-state index in [4.69, 9.17) is 4.74 Å². The van der Waals surface area contributed by atoms with Crippen molar-refractivity contribution in [2.45, 2.75) is 25.3 Å². The molecule has 38 heavy (non-hydrogen) atoms. The molecule has 4 rings (SSSR count). The smallest absolute Gasteiger partial charge is 0.414 e. The molecule has 15 heteroatoms. The van der Waals surface area contributed by atoms with Crippen LogP contribution in [0.3, 0.4) is 0 Å². The minimum absolute atomic E-state index is 0.00870. The summed E-state index contributed by atoms with van der Waals surface area (Å²) in [6, 6.07) is 1.41. The maximum absolute atomic E-state index is 15.1. The number of aromatic nitrogens is 1. The molecule has 2 saturated heterocycles. The van der Waals surface area contributed by atoms with Crippen LogP contribution in [0.5, 0.6) is 0 Å². The van der Waals surface area contributed by atoms with Crippen LogP contribution in [0.4, 0.5) is 29.7 Å². The van der Waals surface area contributed by atoms with Crippen molar-refractivity contribution < 1.29 is 37.7 Å². The van der Waals surface area contributed by atoms with Gasteiger partial charge in [0.25, 0.3) is 0 Å². The van der Waals surface area contributed by atoms with E-state index >= 15 is 8.78 Å². The van der Waals surface area contributed by atoms with E-state index < -0.39 is 42.2 Å². The van der Waals surface area contributed by atoms with Gasteiger partial charge in [-0.2, -0.15) is 0 Å². The van der Waals surface area contributed by atoms with Crippen LogP contribution in [0.2, 0.25) is 0 Å². The molecule has 3 N–H and O–H groups in total. The molecular weight excluding hydrogens is 526 g/mol. The fourth-order valence-corrected chi connectivity index (χ4v) is 4.87. The van der Waals surface area contributed by atoms with Crippen molar-refractivity contribution in [1.82, 2.24) is 20.5 Å². The van der Waals surface area contributed by atoms with E-state index in [2.05, 4.69) is 20.4 Å². The molecule has 0 radical (unpaired) electrons. The molecule has 2 aliphatic heterocycles. The molecule has 0 bridgehead atoms. The summed E-state index contributed by atoms with van der Waals surface area (Å²) in [5, 5.41) is 17.1. The van der Waals surface area contributed by atoms with Crippen molar-refractivity contribution in [2.75, 3.05) is 56.2 Å². The molecule has 0 aliphatic carbocycles. The van der Waals surface area contributed by atoms with Gasteiger partial charge >= 0.3 is 12.2 Å². The number of carbonyl (C=O) groups excluding carboxylic acids is 3. The molecule has 206 valence electrons. The SMILES string of the molecule is COC(=O)NCC1CN(c2cc(F)c(N3CCN(C(=O)[C@H](C)NC(O)c4cscn4)CC3)c(F)c2)C(=O)O1. The van der Waals surface area contributed by atoms with Gasteiger partial charge in [-0.15, -0.1) is 11.3 Å². The third kappa shape index (κ3) is 6.11. The van der Waals surface area contributed by atoms with Crippen LogP contribution in [0.1, 0.15) is 18.8 Å². The van der Waals surface area contributed by atoms with E-state index in [1.807, 2.05) is 0 Å². The average molecular weight is 555 g/mol. The fourth-order valence-electron chi connectivity index (χ4n) is 4.29. The molecule has 3 heterocycles. The molecule has 2 aromatic rings. The number of anilines is 2. The van der Waals surface area contributed by atoms with Gasteiger partial charge in [-0.05, 0) is 6.92 Å². The summed E-state index contributed by atoms with van der Waals surface area (Å²) < 4.78 is 39.8. The standard InChI is InChI=1S/C23H28F2N6O6S/c1-13(28-20(32)18-11-38-12-27-18)21(33)30-5-3-29(4-6-30)19-16(24)7-14(8-17(19)25)31-10-15(37-23(31)35)9-26-22(34)36-2/h7-8,11-13,15,20,28,32H,3-6,9-10H2,1-2H3,(H,26,34)/t13-,15?,20?/m0/s1. The Bertz CT molecular complexity index is 1140. The number of amides is 3. The highest BCUT2D eigenvalue weighted by molar-refractivity contribution is 7.07. The molecule has 2 unspecified atom stereocenters. The van der Waals surface area contributed by atoms with Crippen LogP contribution in [0, 0.1) is 11.6 Å². The van der Waals surface area contributed by atoms with Crippen LogP contribution in [0.15, 0.2) is 23.0 Å². The molecule has 3 atom stereocenters. The van der Waals surface area contributed by atoms with E-state index in [9.17, 15) is 19.5 Å². The summed E-state index contributed by atoms with van der Waals surface area (Å²) in [7, 11) is 1.20. The number of aliphatic hydroxyl groups is 1. The van der Waals surface area contributed by atoms with Gasteiger partial charge in [0.2, 0.25) is 5.91 Å². The van der Waals surface area contributed by atoms with E-state index in [0.717, 1.165) is 17.0 Å². The Balaban J connectivity index is 1.34. The molecule has 3 amide bonds. The second-order valence-electron chi connectivity index (χ2n) is 8.76. The van der Waals surface area contributed by atoms with Gasteiger partial charge in [-0.1, -0.05) is 0 Å². The Labute approximate surface area is 221 Å². The number of ether oxygens (including phenoxy) is 2. The number of hydrogen-bond acceptors (Lipinski definition) is 10. The van der Waals surface area contributed by atoms with Crippen molar-refractivity contribution in [1.29, 1.82) is 0 Å². The normalized spacial score (nSPS) is 19.2. The Kier molecular flexibility index (Phi) is 8.58. The highest BCUT2D eigenvalue weighted by Crippen LogP contribution is 2.31. The van der Waals surface area contributed by atoms with Crippen LogP contribution in [0.25, 0.3) is 0 Å². The number of carbonyl (C=O) groups is 3. The molecule has 1 aromatic heterocycles. The lowest BCUT2D eigenvalue weighted by atomic mass is 10.1. The lowest BCUT2D eigenvalue weighted by Crippen LogP contribution is -2.54. The predicted octanol–water partition coefficient (Wildman–Crippen LogP) is 1.42. The Morgan fingerprint density at radius 3 is 2.55 bits per heavy atom. The van der Waals surface area contributed by atoms with Crippen molar-refractivity contribution in [3.8, 4) is 0 Å². The van der Waals surface area contributed by atoms with Gasteiger partial charge in [0.1, 0.15) is 18.0 Å². The first-order valence-electron chi connectivity index (χ1n) is 11.8. The Hall–Kier alpha value is -3.56. The fraction of sp³-hybridized carbons (Fsp3) is 0.478. The summed E-state index contributed by atoms with van der Waals surface area (Å²) in [6.07, 6.45) is -3.28. The van der Waals surface area contributed by atoms with Crippen molar-refractivity contribution in [2.24, 2.45) is 0 Å². The second kappa shape index (κ2) is 11.9. The first-order chi connectivity index (χ1) is 18.2. The third-order valence-electron chi connectivity index (χ3n) is 6.26. The number of alkyl carbamates (subject to hydrolysis) is 1. The Morgan fingerprint density at radius 2 is 1.95 bits per heavy atom. The summed E-state index contributed by atoms with van der Waals surface area (Å²) in [5.41, 5.74) is 1.74. The zero-order chi connectivity index (χ0) is 27.4. The molecule has 2 aliphatic rings. The monoisotopic (exact) mass is 554 g/mol. The summed E-state index contributed by atoms with van der Waals surface area (Å²) in [5.74, 6) is -1.96. The maximum atomic E-state index is 15.1. The van der Waals surface area contributed by atoms with E-state index in [1.54, 1.807) is 22.7 Å². The number of rotatable bonds is 8. The number of halogens is 2. The third-order valence-corrected chi connectivity index (χ3v) is 6.87. The number of benzene rings is 1. The lowest BCUT2D eigenvalue weighted by molar-refractivity contribution is -0.134. The number of methoxy groups -OCH3 is 1. The predicted molar refractivity (Wildman–Crippen MR) is 133 cm³/mol. The highest BCUT2D eigenvalue weighted by atomic mass is 32.1. The van der Waals surface area contributed by atoms with E-state index in [1.165, 1.54) is 23.3 Å². The molecule has 12 nitrogen and oxygen atoms in total. The summed E-state index contributed by atoms with van der Waals surface area (Å²) in [6.45, 7) is 2.43. The molecular formula is C23H28F2N6O6S. The van der Waals surface area contributed by atoms with Crippen LogP contribution < -0.4 is 20.4 Å². The quantitative estimate of drug-likeness (QED) is 0.414. The van der Waals surface area contributed by atoms with Crippen molar-refractivity contribution in [3.63, 3.8) is 0 Å². The van der Waals surface area contributed by atoms with Gasteiger partial charge < -0.3 is 29.7 Å².